The molecule has 0 fully saturated rings. The van der Waals surface area contributed by atoms with Crippen molar-refractivity contribution in [3.8, 4) is 62.7 Å². The molecule has 0 spiro atoms. The molecule has 0 atom stereocenters. The van der Waals surface area contributed by atoms with E-state index in [2.05, 4.69) is 176 Å². The summed E-state index contributed by atoms with van der Waals surface area (Å²) in [6.45, 7) is 0. The van der Waals surface area contributed by atoms with Crippen LogP contribution in [0.25, 0.3) is 144 Å². The highest BCUT2D eigenvalue weighted by atomic mass is 15.1. The Bertz CT molecular complexity index is 4900. The Balaban J connectivity index is 1.27. The van der Waals surface area contributed by atoms with Gasteiger partial charge in [0.2, 0.25) is 0 Å². The molecule has 0 bridgehead atoms. The van der Waals surface area contributed by atoms with Gasteiger partial charge in [-0.1, -0.05) is 133 Å². The zero-order valence-corrected chi connectivity index (χ0v) is 41.4. The molecule has 9 heterocycles. The van der Waals surface area contributed by atoms with Crippen LogP contribution in [0.4, 0.5) is 0 Å². The van der Waals surface area contributed by atoms with Gasteiger partial charge in [-0.3, -0.25) is 19.9 Å². The Kier molecular flexibility index (Phi) is 9.43. The molecule has 7 aromatic carbocycles. The summed E-state index contributed by atoms with van der Waals surface area (Å²) in [6, 6.07) is 67.5. The molecule has 9 aromatic heterocycles. The highest BCUT2D eigenvalue weighted by Crippen LogP contribution is 2.51. The third-order valence-corrected chi connectivity index (χ3v) is 15.4. The first-order valence-electron chi connectivity index (χ1n) is 25.7. The predicted octanol–water partition coefficient (Wildman–Crippen LogP) is 15.3. The monoisotopic (exact) mass is 997 g/mol. The number of hydrogen-bond acceptors (Lipinski definition) is 7. The summed E-state index contributed by atoms with van der Waals surface area (Å²) < 4.78 is 9.09. The van der Waals surface area contributed by atoms with Gasteiger partial charge in [0.1, 0.15) is 11.6 Å². The van der Waals surface area contributed by atoms with Crippen molar-refractivity contribution in [3.63, 3.8) is 0 Å². The molecule has 362 valence electrons. The van der Waals surface area contributed by atoms with Crippen LogP contribution in [-0.4, -0.2) is 48.2 Å². The van der Waals surface area contributed by atoms with Crippen molar-refractivity contribution in [1.82, 2.24) is 48.2 Å². The largest absolute Gasteiger partial charge is 0.305 e. The van der Waals surface area contributed by atoms with E-state index in [0.717, 1.165) is 98.4 Å². The van der Waals surface area contributed by atoms with Crippen LogP contribution in [0.15, 0.2) is 238 Å². The summed E-state index contributed by atoms with van der Waals surface area (Å²) in [6.07, 6.45) is 15.0. The van der Waals surface area contributed by atoms with Gasteiger partial charge >= 0.3 is 0 Å². The molecule has 0 amide bonds. The maximum absolute atomic E-state index is 12.8. The molecular weight excluding hydrogens is 959 g/mol. The molecule has 11 nitrogen and oxygen atoms in total. The van der Waals surface area contributed by atoms with Crippen LogP contribution in [-0.2, 0) is 0 Å². The maximum atomic E-state index is 12.8. The molecule has 0 radical (unpaired) electrons. The molecule has 0 aliphatic carbocycles. The highest BCUT2D eigenvalue weighted by molar-refractivity contribution is 6.16. The standard InChI is InChI=1S/C67H39N11/c68-36-51-63(75-54-23-11-7-19-43(54)47-27-31-69-37-58(47)75)62(67-73-52(41-15-3-1-4-16-41)35-53(74-67)42-17-5-2-6-18-42)65(77-56-25-13-9-21-45(56)49-29-33-71-39-60(49)77)66(78-57-26-14-10-22-46(57)50-30-34-72-40-61(50)78)64(51)76-55-24-12-8-20-44(55)48-28-32-70-38-59(48)76/h1-35,37-40H. The Morgan fingerprint density at radius 1 is 0.308 bits per heavy atom. The summed E-state index contributed by atoms with van der Waals surface area (Å²) >= 11 is 0. The van der Waals surface area contributed by atoms with E-state index in [1.54, 1.807) is 0 Å². The smallest absolute Gasteiger partial charge is 0.164 e. The van der Waals surface area contributed by atoms with Crippen molar-refractivity contribution in [1.29, 1.82) is 5.26 Å². The van der Waals surface area contributed by atoms with Gasteiger partial charge in [0.25, 0.3) is 0 Å². The lowest BCUT2D eigenvalue weighted by molar-refractivity contribution is 1.02. The summed E-state index contributed by atoms with van der Waals surface area (Å²) in [5, 5.41) is 20.9. The molecule has 0 saturated carbocycles. The van der Waals surface area contributed by atoms with E-state index in [1.165, 1.54) is 0 Å². The normalized spacial score (nSPS) is 11.8. The van der Waals surface area contributed by atoms with Crippen molar-refractivity contribution in [3.05, 3.63) is 243 Å². The Hall–Kier alpha value is -11.1. The maximum Gasteiger partial charge on any atom is 0.164 e. The molecule has 0 saturated heterocycles. The topological polar surface area (TPSA) is 121 Å². The molecule has 78 heavy (non-hydrogen) atoms. The number of hydrogen-bond donors (Lipinski definition) is 0. The molecule has 16 rings (SSSR count). The average Bonchev–Trinajstić information content (AvgIpc) is 4.34. The van der Waals surface area contributed by atoms with E-state index in [0.29, 0.717) is 51.1 Å². The van der Waals surface area contributed by atoms with Crippen LogP contribution >= 0.6 is 0 Å². The Morgan fingerprint density at radius 2 is 0.628 bits per heavy atom. The first-order chi connectivity index (χ1) is 38.7. The number of pyridine rings is 4. The number of nitrogens with zero attached hydrogens (tertiary/aromatic N) is 11. The first kappa shape index (κ1) is 43.3. The van der Waals surface area contributed by atoms with E-state index >= 15 is 0 Å². The Morgan fingerprint density at radius 3 is 1.01 bits per heavy atom. The Labute approximate surface area is 444 Å². The number of aromatic nitrogens is 10. The minimum atomic E-state index is 0.366. The predicted molar refractivity (Wildman–Crippen MR) is 312 cm³/mol. The number of benzene rings is 7. The van der Waals surface area contributed by atoms with Crippen molar-refractivity contribution >= 4 is 87.2 Å². The fourth-order valence-electron chi connectivity index (χ4n) is 12.2. The minimum Gasteiger partial charge on any atom is -0.305 e. The SMILES string of the molecule is N#Cc1c(-n2c3ccccc3c3ccncc32)c(-c2nc(-c3ccccc3)cc(-c3ccccc3)n2)c(-n2c3ccccc3c3ccncc32)c(-n2c3ccccc3c3ccncc32)c1-n1c2ccccc2c2ccncc21. The minimum absolute atomic E-state index is 0.366. The molecule has 16 aromatic rings. The van der Waals surface area contributed by atoms with Crippen molar-refractivity contribution < 1.29 is 0 Å². The van der Waals surface area contributed by atoms with Crippen LogP contribution in [0.5, 0.6) is 0 Å². The summed E-state index contributed by atoms with van der Waals surface area (Å²) in [4.78, 5) is 30.9. The van der Waals surface area contributed by atoms with Gasteiger partial charge in [0, 0.05) is 79.0 Å². The quantitative estimate of drug-likeness (QED) is 0.156. The lowest BCUT2D eigenvalue weighted by Gasteiger charge is -2.28. The van der Waals surface area contributed by atoms with Gasteiger partial charge in [0.15, 0.2) is 5.82 Å². The van der Waals surface area contributed by atoms with Gasteiger partial charge < -0.3 is 18.3 Å². The fraction of sp³-hybridized carbons (Fsp3) is 0. The average molecular weight is 998 g/mol. The van der Waals surface area contributed by atoms with Gasteiger partial charge in [-0.05, 0) is 54.6 Å². The van der Waals surface area contributed by atoms with Gasteiger partial charge in [-0.2, -0.15) is 5.26 Å². The summed E-state index contributed by atoms with van der Waals surface area (Å²) in [5.74, 6) is 0.400. The zero-order chi connectivity index (χ0) is 51.4. The number of para-hydroxylation sites is 4. The lowest BCUT2D eigenvalue weighted by Crippen LogP contribution is -2.17. The molecule has 11 heteroatoms. The zero-order valence-electron chi connectivity index (χ0n) is 41.4. The van der Waals surface area contributed by atoms with Crippen LogP contribution < -0.4 is 0 Å². The van der Waals surface area contributed by atoms with Crippen LogP contribution in [0.3, 0.4) is 0 Å². The van der Waals surface area contributed by atoms with Crippen LogP contribution in [0, 0.1) is 11.3 Å². The first-order valence-corrected chi connectivity index (χ1v) is 25.7. The van der Waals surface area contributed by atoms with Gasteiger partial charge in [-0.25, -0.2) is 9.97 Å². The van der Waals surface area contributed by atoms with Crippen LogP contribution in [0.2, 0.25) is 0 Å². The third kappa shape index (κ3) is 6.19. The number of rotatable bonds is 7. The van der Waals surface area contributed by atoms with E-state index in [9.17, 15) is 5.26 Å². The van der Waals surface area contributed by atoms with E-state index in [1.807, 2.05) is 86.0 Å². The van der Waals surface area contributed by atoms with Crippen molar-refractivity contribution in [2.45, 2.75) is 0 Å². The van der Waals surface area contributed by atoms with Crippen molar-refractivity contribution in [2.24, 2.45) is 0 Å². The number of nitriles is 1. The fourth-order valence-corrected chi connectivity index (χ4v) is 12.2. The molecule has 0 unspecified atom stereocenters. The van der Waals surface area contributed by atoms with E-state index < -0.39 is 0 Å². The number of fused-ring (bicyclic) bond motifs is 12. The molecule has 0 N–H and O–H groups in total. The molecular formula is C67H39N11. The molecule has 0 aliphatic rings. The second-order valence-corrected chi connectivity index (χ2v) is 19.4. The van der Waals surface area contributed by atoms with E-state index in [-0.39, 0.29) is 0 Å². The third-order valence-electron chi connectivity index (χ3n) is 15.4. The van der Waals surface area contributed by atoms with Gasteiger partial charge in [0.05, 0.1) is 109 Å². The summed E-state index contributed by atoms with van der Waals surface area (Å²) in [5.41, 5.74) is 13.7. The lowest BCUT2D eigenvalue weighted by atomic mass is 9.96. The highest BCUT2D eigenvalue weighted by Gasteiger charge is 2.36. The second kappa shape index (κ2) is 17.0. The molecule has 0 aliphatic heterocycles. The van der Waals surface area contributed by atoms with Crippen LogP contribution in [0.1, 0.15) is 5.56 Å². The summed E-state index contributed by atoms with van der Waals surface area (Å²) in [7, 11) is 0. The second-order valence-electron chi connectivity index (χ2n) is 19.4. The van der Waals surface area contributed by atoms with Crippen molar-refractivity contribution in [2.75, 3.05) is 0 Å². The van der Waals surface area contributed by atoms with Gasteiger partial charge in [-0.15, -0.1) is 0 Å². The van der Waals surface area contributed by atoms with E-state index in [4.69, 9.17) is 29.9 Å².